The van der Waals surface area contributed by atoms with Crippen LogP contribution in [-0.4, -0.2) is 37.5 Å². The molecule has 4 heteroatoms. The molecule has 2 rings (SSSR count). The van der Waals surface area contributed by atoms with Crippen LogP contribution in [0.25, 0.3) is 0 Å². The van der Waals surface area contributed by atoms with Crippen LogP contribution in [-0.2, 0) is 16.1 Å². The van der Waals surface area contributed by atoms with Crippen LogP contribution in [0.3, 0.4) is 0 Å². The van der Waals surface area contributed by atoms with Gasteiger partial charge < -0.3 is 19.9 Å². The van der Waals surface area contributed by atoms with E-state index in [0.717, 1.165) is 11.1 Å². The second kappa shape index (κ2) is 7.98. The van der Waals surface area contributed by atoms with Crippen molar-refractivity contribution in [1.82, 2.24) is 5.32 Å². The van der Waals surface area contributed by atoms with E-state index in [1.165, 1.54) is 0 Å². The molecule has 1 aliphatic rings. The maximum Gasteiger partial charge on any atom is 0.117 e. The predicted octanol–water partition coefficient (Wildman–Crippen LogP) is 2.58. The van der Waals surface area contributed by atoms with E-state index in [4.69, 9.17) is 9.47 Å². The van der Waals surface area contributed by atoms with Gasteiger partial charge >= 0.3 is 0 Å². The topological polar surface area (TPSA) is 50.7 Å². The minimum absolute atomic E-state index is 0.0996. The number of aliphatic hydroxyl groups excluding tert-OH is 1. The molecular weight excluding hydrogens is 266 g/mol. The molecule has 0 aliphatic carbocycles. The van der Waals surface area contributed by atoms with Crippen molar-refractivity contribution < 1.29 is 14.6 Å². The molecule has 0 saturated heterocycles. The summed E-state index contributed by atoms with van der Waals surface area (Å²) in [6.07, 6.45) is 3.39. The molecule has 0 aromatic heterocycles. The highest BCUT2D eigenvalue weighted by molar-refractivity contribution is 5.30. The number of aliphatic hydroxyl groups is 1. The second-order valence-corrected chi connectivity index (χ2v) is 5.11. The minimum Gasteiger partial charge on any atom is -0.508 e. The number of methoxy groups -OCH3 is 1. The molecule has 4 nitrogen and oxygen atoms in total. The van der Waals surface area contributed by atoms with Gasteiger partial charge in [-0.15, -0.1) is 0 Å². The molecule has 21 heavy (non-hydrogen) atoms. The van der Waals surface area contributed by atoms with E-state index in [1.54, 1.807) is 13.2 Å². The molecule has 0 saturated carbocycles. The first kappa shape index (κ1) is 15.8. The van der Waals surface area contributed by atoms with Gasteiger partial charge in [0.25, 0.3) is 0 Å². The lowest BCUT2D eigenvalue weighted by molar-refractivity contribution is -0.0334. The molecule has 1 aliphatic heterocycles. The molecule has 0 radical (unpaired) electrons. The van der Waals surface area contributed by atoms with Crippen molar-refractivity contribution in [2.24, 2.45) is 0 Å². The van der Waals surface area contributed by atoms with Crippen molar-refractivity contribution in [2.75, 3.05) is 20.2 Å². The molecule has 2 atom stereocenters. The number of rotatable bonds is 6. The monoisotopic (exact) mass is 289 g/mol. The van der Waals surface area contributed by atoms with Crippen molar-refractivity contribution in [2.45, 2.75) is 25.7 Å². The van der Waals surface area contributed by atoms with Crippen molar-refractivity contribution in [3.05, 3.63) is 59.4 Å². The zero-order valence-electron chi connectivity index (χ0n) is 12.6. The van der Waals surface area contributed by atoms with E-state index >= 15 is 0 Å². The van der Waals surface area contributed by atoms with Gasteiger partial charge in [-0.2, -0.15) is 0 Å². The van der Waals surface area contributed by atoms with E-state index < -0.39 is 0 Å². The summed E-state index contributed by atoms with van der Waals surface area (Å²) < 4.78 is 11.4. The molecule has 114 valence electrons. The molecule has 0 amide bonds. The van der Waals surface area contributed by atoms with Crippen LogP contribution in [0.4, 0.5) is 0 Å². The Morgan fingerprint density at radius 3 is 2.76 bits per heavy atom. The number of hydrogen-bond acceptors (Lipinski definition) is 4. The molecule has 1 aromatic carbocycles. The Hall–Kier alpha value is -1.62. The average molecular weight is 289 g/mol. The van der Waals surface area contributed by atoms with Crippen LogP contribution < -0.4 is 5.32 Å². The van der Waals surface area contributed by atoms with Gasteiger partial charge in [0.15, 0.2) is 0 Å². The molecule has 2 unspecified atom stereocenters. The summed E-state index contributed by atoms with van der Waals surface area (Å²) in [6.45, 7) is 3.87. The maximum atomic E-state index is 9.86. The highest BCUT2D eigenvalue weighted by atomic mass is 16.5. The van der Waals surface area contributed by atoms with Crippen LogP contribution >= 0.6 is 0 Å². The third-order valence-electron chi connectivity index (χ3n) is 3.54. The highest BCUT2D eigenvalue weighted by Gasteiger charge is 2.18. The largest absolute Gasteiger partial charge is 0.508 e. The van der Waals surface area contributed by atoms with Gasteiger partial charge in [0, 0.05) is 25.8 Å². The lowest BCUT2D eigenvalue weighted by Crippen LogP contribution is -2.29. The Balaban J connectivity index is 1.95. The lowest BCUT2D eigenvalue weighted by atomic mass is 10.1. The molecular formula is C17H23NO3. The number of nitrogens with one attached hydrogen (secondary N) is 1. The standard InChI is InChI=1S/C17H23NO3/c1-13(21-12-14-6-4-3-5-7-14)17(20-2)10-15-11-18-9-8-16(15)19/h3-8,10,13,17-19H,9,11-12H2,1-2H3/b15-10+. The van der Waals surface area contributed by atoms with Crippen LogP contribution in [0.15, 0.2) is 53.8 Å². The van der Waals surface area contributed by atoms with E-state index in [9.17, 15) is 5.11 Å². The molecule has 1 aromatic rings. The summed E-state index contributed by atoms with van der Waals surface area (Å²) in [5, 5.41) is 13.0. The first-order valence-corrected chi connectivity index (χ1v) is 7.20. The normalized spacial score (nSPS) is 20.1. The summed E-state index contributed by atoms with van der Waals surface area (Å²) in [4.78, 5) is 0. The Morgan fingerprint density at radius 2 is 2.10 bits per heavy atom. The third-order valence-corrected chi connectivity index (χ3v) is 3.54. The average Bonchev–Trinajstić information content (AvgIpc) is 2.53. The molecule has 0 bridgehead atoms. The molecule has 0 spiro atoms. The maximum absolute atomic E-state index is 9.86. The lowest BCUT2D eigenvalue weighted by Gasteiger charge is -2.23. The van der Waals surface area contributed by atoms with E-state index in [1.807, 2.05) is 43.3 Å². The predicted molar refractivity (Wildman–Crippen MR) is 83.2 cm³/mol. The van der Waals surface area contributed by atoms with Crippen LogP contribution in [0, 0.1) is 0 Å². The van der Waals surface area contributed by atoms with Gasteiger partial charge in [-0.1, -0.05) is 30.3 Å². The number of hydrogen-bond donors (Lipinski definition) is 2. The van der Waals surface area contributed by atoms with E-state index in [0.29, 0.717) is 25.5 Å². The number of benzene rings is 1. The zero-order valence-corrected chi connectivity index (χ0v) is 12.6. The summed E-state index contributed by atoms with van der Waals surface area (Å²) in [7, 11) is 1.65. The van der Waals surface area contributed by atoms with E-state index in [2.05, 4.69) is 5.32 Å². The first-order valence-electron chi connectivity index (χ1n) is 7.20. The summed E-state index contributed by atoms with van der Waals surface area (Å²) in [5.74, 6) is 0.325. The Labute approximate surface area is 126 Å². The second-order valence-electron chi connectivity index (χ2n) is 5.11. The Morgan fingerprint density at radius 1 is 1.33 bits per heavy atom. The first-order chi connectivity index (χ1) is 10.2. The third kappa shape index (κ3) is 4.70. The van der Waals surface area contributed by atoms with E-state index in [-0.39, 0.29) is 12.2 Å². The van der Waals surface area contributed by atoms with Gasteiger partial charge in [-0.05, 0) is 24.6 Å². The highest BCUT2D eigenvalue weighted by Crippen LogP contribution is 2.15. The van der Waals surface area contributed by atoms with Crippen LogP contribution in [0.2, 0.25) is 0 Å². The minimum atomic E-state index is -0.195. The summed E-state index contributed by atoms with van der Waals surface area (Å²) in [6, 6.07) is 10.0. The molecule has 2 N–H and O–H groups in total. The smallest absolute Gasteiger partial charge is 0.117 e. The Kier molecular flexibility index (Phi) is 5.99. The fourth-order valence-corrected chi connectivity index (χ4v) is 2.23. The quantitative estimate of drug-likeness (QED) is 0.845. The van der Waals surface area contributed by atoms with Gasteiger partial charge in [0.2, 0.25) is 0 Å². The van der Waals surface area contributed by atoms with Crippen LogP contribution in [0.5, 0.6) is 0 Å². The van der Waals surface area contributed by atoms with Crippen molar-refractivity contribution in [1.29, 1.82) is 0 Å². The summed E-state index contributed by atoms with van der Waals surface area (Å²) in [5.41, 5.74) is 1.98. The fraction of sp³-hybridized carbons (Fsp3) is 0.412. The van der Waals surface area contributed by atoms with Gasteiger partial charge in [-0.25, -0.2) is 0 Å². The number of ether oxygens (including phenoxy) is 2. The van der Waals surface area contributed by atoms with Crippen molar-refractivity contribution in [3.63, 3.8) is 0 Å². The van der Waals surface area contributed by atoms with Crippen molar-refractivity contribution in [3.8, 4) is 0 Å². The van der Waals surface area contributed by atoms with Crippen molar-refractivity contribution >= 4 is 0 Å². The SMILES string of the molecule is COC(/C=C1\CNCC=C1O)C(C)OCc1ccccc1. The zero-order chi connectivity index (χ0) is 15.1. The molecule has 0 fully saturated rings. The van der Waals surface area contributed by atoms with Gasteiger partial charge in [0.05, 0.1) is 12.7 Å². The summed E-state index contributed by atoms with van der Waals surface area (Å²) >= 11 is 0. The Bertz CT molecular complexity index is 496. The van der Waals surface area contributed by atoms with Gasteiger partial charge in [0.1, 0.15) is 11.9 Å². The van der Waals surface area contributed by atoms with Crippen LogP contribution in [0.1, 0.15) is 12.5 Å². The van der Waals surface area contributed by atoms with Gasteiger partial charge in [-0.3, -0.25) is 0 Å². The fourth-order valence-electron chi connectivity index (χ4n) is 2.23. The molecule has 1 heterocycles.